The van der Waals surface area contributed by atoms with Crippen LogP contribution in [-0.2, 0) is 4.79 Å². The number of benzene rings is 1. The minimum Gasteiger partial charge on any atom is -0.497 e. The average Bonchev–Trinajstić information content (AvgIpc) is 3.17. The second-order valence-electron chi connectivity index (χ2n) is 9.44. The molecule has 0 radical (unpaired) electrons. The third-order valence-corrected chi connectivity index (χ3v) is 5.40. The summed E-state index contributed by atoms with van der Waals surface area (Å²) in [6.45, 7) is 10.3. The number of methoxy groups -OCH3 is 1. The van der Waals surface area contributed by atoms with Gasteiger partial charge in [-0.1, -0.05) is 32.9 Å². The maximum absolute atomic E-state index is 12.8. The molecule has 1 saturated heterocycles. The first-order valence-electron chi connectivity index (χ1n) is 10.5. The average molecular weight is 400 g/mol. The Balaban J connectivity index is 1.62. The summed E-state index contributed by atoms with van der Waals surface area (Å²) in [4.78, 5) is 19.4. The maximum atomic E-state index is 12.8. The normalized spacial score (nSPS) is 18.5. The molecule has 1 aliphatic rings. The van der Waals surface area contributed by atoms with E-state index in [-0.39, 0.29) is 17.2 Å². The van der Waals surface area contributed by atoms with Crippen molar-refractivity contribution in [1.82, 2.24) is 15.0 Å². The van der Waals surface area contributed by atoms with Crippen LogP contribution in [0, 0.1) is 11.3 Å². The first kappa shape index (κ1) is 21.3. The molecular formula is C23H33N3O3. The Hall–Kier alpha value is -2.37. The quantitative estimate of drug-likeness (QED) is 0.690. The van der Waals surface area contributed by atoms with Gasteiger partial charge in [-0.15, -0.1) is 0 Å². The highest BCUT2D eigenvalue weighted by Crippen LogP contribution is 2.30. The van der Waals surface area contributed by atoms with E-state index in [9.17, 15) is 4.79 Å². The van der Waals surface area contributed by atoms with Crippen molar-refractivity contribution in [3.05, 3.63) is 30.2 Å². The van der Waals surface area contributed by atoms with Gasteiger partial charge in [0.15, 0.2) is 0 Å². The molecule has 1 aliphatic heterocycles. The lowest BCUT2D eigenvalue weighted by Gasteiger charge is -2.32. The smallest absolute Gasteiger partial charge is 0.231 e. The van der Waals surface area contributed by atoms with Crippen LogP contribution in [0.2, 0.25) is 0 Å². The Labute approximate surface area is 173 Å². The molecule has 2 heterocycles. The molecule has 29 heavy (non-hydrogen) atoms. The Morgan fingerprint density at radius 1 is 1.31 bits per heavy atom. The second-order valence-corrected chi connectivity index (χ2v) is 9.44. The van der Waals surface area contributed by atoms with Crippen molar-refractivity contribution in [2.24, 2.45) is 11.3 Å². The zero-order chi connectivity index (χ0) is 21.0. The van der Waals surface area contributed by atoms with E-state index >= 15 is 0 Å². The van der Waals surface area contributed by atoms with Gasteiger partial charge in [-0.3, -0.25) is 4.79 Å². The number of hydrogen-bond donors (Lipinski definition) is 0. The van der Waals surface area contributed by atoms with Gasteiger partial charge in [-0.05, 0) is 54.9 Å². The summed E-state index contributed by atoms with van der Waals surface area (Å²) in [5, 5.41) is 4.15. The number of likely N-dealkylation sites (tertiary alicyclic amines) is 1. The van der Waals surface area contributed by atoms with Crippen LogP contribution in [0.1, 0.15) is 65.2 Å². The van der Waals surface area contributed by atoms with Gasteiger partial charge in [0, 0.05) is 25.1 Å². The number of amides is 1. The number of aromatic nitrogens is 2. The second kappa shape index (κ2) is 8.97. The van der Waals surface area contributed by atoms with Crippen molar-refractivity contribution in [3.8, 4) is 17.1 Å². The van der Waals surface area contributed by atoms with Crippen molar-refractivity contribution in [1.29, 1.82) is 0 Å². The molecule has 2 atom stereocenters. The summed E-state index contributed by atoms with van der Waals surface area (Å²) in [6.07, 6.45) is 3.58. The van der Waals surface area contributed by atoms with E-state index in [1.54, 1.807) is 7.11 Å². The third kappa shape index (κ3) is 5.81. The molecule has 6 heteroatoms. The molecule has 1 fully saturated rings. The fourth-order valence-electron chi connectivity index (χ4n) is 4.21. The highest BCUT2D eigenvalue weighted by atomic mass is 16.5. The molecule has 3 rings (SSSR count). The first-order chi connectivity index (χ1) is 13.7. The minimum atomic E-state index is 0.102. The van der Waals surface area contributed by atoms with Crippen molar-refractivity contribution in [2.75, 3.05) is 20.2 Å². The molecule has 0 N–H and O–H groups in total. The SMILES string of the molecule is COc1ccc(-c2noc([C@@H]3CCCN(C(=O)C[C@@H](C)CC(C)(C)C)C3)n2)cc1. The minimum absolute atomic E-state index is 0.102. The molecular weight excluding hydrogens is 366 g/mol. The molecule has 0 bridgehead atoms. The van der Waals surface area contributed by atoms with Gasteiger partial charge in [0.1, 0.15) is 5.75 Å². The fraction of sp³-hybridized carbons (Fsp3) is 0.609. The van der Waals surface area contributed by atoms with Gasteiger partial charge in [0.2, 0.25) is 17.6 Å². The van der Waals surface area contributed by atoms with E-state index in [0.29, 0.717) is 30.6 Å². The van der Waals surface area contributed by atoms with E-state index in [0.717, 1.165) is 37.1 Å². The fourth-order valence-corrected chi connectivity index (χ4v) is 4.21. The third-order valence-electron chi connectivity index (χ3n) is 5.40. The lowest BCUT2D eigenvalue weighted by molar-refractivity contribution is -0.133. The molecule has 2 aromatic rings. The van der Waals surface area contributed by atoms with Crippen molar-refractivity contribution in [3.63, 3.8) is 0 Å². The molecule has 1 aromatic carbocycles. The standard InChI is InChI=1S/C23H33N3O3/c1-16(14-23(2,3)4)13-20(27)26-12-6-7-18(15-26)22-24-21(25-29-22)17-8-10-19(28-5)11-9-17/h8-11,16,18H,6-7,12-15H2,1-5H3/t16-,18-/m1/s1. The van der Waals surface area contributed by atoms with Crippen molar-refractivity contribution in [2.45, 2.75) is 59.3 Å². The molecule has 0 unspecified atom stereocenters. The van der Waals surface area contributed by atoms with E-state index in [2.05, 4.69) is 37.8 Å². The number of rotatable bonds is 6. The number of nitrogens with zero attached hydrogens (tertiary/aromatic N) is 3. The number of carbonyl (C=O) groups excluding carboxylic acids is 1. The molecule has 6 nitrogen and oxygen atoms in total. The van der Waals surface area contributed by atoms with Gasteiger partial charge >= 0.3 is 0 Å². The highest BCUT2D eigenvalue weighted by Gasteiger charge is 2.29. The Morgan fingerprint density at radius 2 is 2.03 bits per heavy atom. The van der Waals surface area contributed by atoms with Gasteiger partial charge in [0.25, 0.3) is 0 Å². The molecule has 1 amide bonds. The highest BCUT2D eigenvalue weighted by molar-refractivity contribution is 5.76. The van der Waals surface area contributed by atoms with Gasteiger partial charge in [0.05, 0.1) is 13.0 Å². The van der Waals surface area contributed by atoms with Crippen molar-refractivity contribution >= 4 is 5.91 Å². The zero-order valence-corrected chi connectivity index (χ0v) is 18.3. The molecule has 0 spiro atoms. The topological polar surface area (TPSA) is 68.5 Å². The van der Waals surface area contributed by atoms with Crippen LogP contribution in [0.4, 0.5) is 0 Å². The van der Waals surface area contributed by atoms with E-state index in [4.69, 9.17) is 9.26 Å². The number of carbonyl (C=O) groups is 1. The van der Waals surface area contributed by atoms with Crippen LogP contribution < -0.4 is 4.74 Å². The van der Waals surface area contributed by atoms with E-state index in [1.807, 2.05) is 29.2 Å². The monoisotopic (exact) mass is 399 g/mol. The summed E-state index contributed by atoms with van der Waals surface area (Å²) >= 11 is 0. The van der Waals surface area contributed by atoms with Gasteiger partial charge < -0.3 is 14.2 Å². The molecule has 0 aliphatic carbocycles. The van der Waals surface area contributed by atoms with E-state index < -0.39 is 0 Å². The predicted octanol–water partition coefficient (Wildman–Crippen LogP) is 4.91. The predicted molar refractivity (Wildman–Crippen MR) is 113 cm³/mol. The van der Waals surface area contributed by atoms with Crippen LogP contribution in [-0.4, -0.2) is 41.1 Å². The summed E-state index contributed by atoms with van der Waals surface area (Å²) in [5.41, 5.74) is 1.13. The summed E-state index contributed by atoms with van der Waals surface area (Å²) in [6, 6.07) is 7.60. The van der Waals surface area contributed by atoms with Crippen LogP contribution in [0.15, 0.2) is 28.8 Å². The molecule has 158 valence electrons. The van der Waals surface area contributed by atoms with Crippen LogP contribution >= 0.6 is 0 Å². The Kier molecular flexibility index (Phi) is 6.60. The summed E-state index contributed by atoms with van der Waals surface area (Å²) in [5.74, 6) is 2.71. The lowest BCUT2D eigenvalue weighted by Crippen LogP contribution is -2.40. The lowest BCUT2D eigenvalue weighted by atomic mass is 9.84. The van der Waals surface area contributed by atoms with E-state index in [1.165, 1.54) is 0 Å². The Bertz CT molecular complexity index is 808. The van der Waals surface area contributed by atoms with Gasteiger partial charge in [-0.2, -0.15) is 4.98 Å². The van der Waals surface area contributed by atoms with Crippen molar-refractivity contribution < 1.29 is 14.1 Å². The first-order valence-corrected chi connectivity index (χ1v) is 10.5. The number of hydrogen-bond acceptors (Lipinski definition) is 5. The molecule has 0 saturated carbocycles. The molecule has 1 aromatic heterocycles. The number of piperidine rings is 1. The summed E-state index contributed by atoms with van der Waals surface area (Å²) in [7, 11) is 1.64. The van der Waals surface area contributed by atoms with Gasteiger partial charge in [-0.25, -0.2) is 0 Å². The number of ether oxygens (including phenoxy) is 1. The maximum Gasteiger partial charge on any atom is 0.231 e. The van der Waals surface area contributed by atoms with Crippen LogP contribution in [0.25, 0.3) is 11.4 Å². The Morgan fingerprint density at radius 3 is 2.69 bits per heavy atom. The van der Waals surface area contributed by atoms with Crippen LogP contribution in [0.3, 0.4) is 0 Å². The van der Waals surface area contributed by atoms with Crippen LogP contribution in [0.5, 0.6) is 5.75 Å². The largest absolute Gasteiger partial charge is 0.497 e. The zero-order valence-electron chi connectivity index (χ0n) is 18.3. The summed E-state index contributed by atoms with van der Waals surface area (Å²) < 4.78 is 10.8.